The van der Waals surface area contributed by atoms with Crippen molar-refractivity contribution >= 4 is 12.4 Å². The number of phenolic OH excluding ortho intramolecular Hbond substituents is 1. The molecule has 1 aromatic heterocycles. The largest absolute Gasteiger partial charge is 0.507 e. The summed E-state index contributed by atoms with van der Waals surface area (Å²) in [4.78, 5) is 3.56. The van der Waals surface area contributed by atoms with Crippen molar-refractivity contribution in [3.63, 3.8) is 0 Å². The van der Waals surface area contributed by atoms with Gasteiger partial charge in [-0.05, 0) is 50.1 Å². The standard InChI is InChI=1S/C23H23F3N2O.ClH/c1-22(2,3)28-14-18-11-17(16-9-10-20(27-13-16)23(24,25)26)12-19(21(18)29)15-7-5-4-6-8-15;/h4-13,28-29H,14H2,1-3H3;1H. The molecule has 2 aromatic carbocycles. The molecule has 7 heteroatoms. The van der Waals surface area contributed by atoms with Crippen molar-refractivity contribution in [3.05, 3.63) is 72.1 Å². The van der Waals surface area contributed by atoms with E-state index in [1.807, 2.05) is 51.1 Å². The predicted octanol–water partition coefficient (Wildman–Crippen LogP) is 6.45. The fourth-order valence-electron chi connectivity index (χ4n) is 2.93. The topological polar surface area (TPSA) is 45.2 Å². The van der Waals surface area contributed by atoms with Gasteiger partial charge in [-0.2, -0.15) is 13.2 Å². The van der Waals surface area contributed by atoms with Gasteiger partial charge in [-0.1, -0.05) is 36.4 Å². The highest BCUT2D eigenvalue weighted by atomic mass is 35.5. The van der Waals surface area contributed by atoms with Gasteiger partial charge in [0.1, 0.15) is 11.4 Å². The van der Waals surface area contributed by atoms with Crippen LogP contribution in [0.4, 0.5) is 13.2 Å². The normalized spacial score (nSPS) is 11.8. The molecule has 2 N–H and O–H groups in total. The molecule has 0 saturated heterocycles. The van der Waals surface area contributed by atoms with Crippen LogP contribution in [0.25, 0.3) is 22.3 Å². The van der Waals surface area contributed by atoms with Gasteiger partial charge in [0.05, 0.1) is 0 Å². The van der Waals surface area contributed by atoms with Crippen molar-refractivity contribution in [2.75, 3.05) is 0 Å². The summed E-state index contributed by atoms with van der Waals surface area (Å²) in [5, 5.41) is 14.2. The Kier molecular flexibility index (Phi) is 7.16. The van der Waals surface area contributed by atoms with Gasteiger partial charge in [-0.3, -0.25) is 4.98 Å². The minimum Gasteiger partial charge on any atom is -0.507 e. The zero-order chi connectivity index (χ0) is 21.2. The molecule has 0 aliphatic rings. The van der Waals surface area contributed by atoms with Crippen molar-refractivity contribution in [1.82, 2.24) is 10.3 Å². The third-order valence-electron chi connectivity index (χ3n) is 4.47. The Balaban J connectivity index is 0.00000320. The van der Waals surface area contributed by atoms with Gasteiger partial charge in [-0.15, -0.1) is 12.4 Å². The van der Waals surface area contributed by atoms with Crippen LogP contribution in [0.1, 0.15) is 32.0 Å². The fourth-order valence-corrected chi connectivity index (χ4v) is 2.93. The Morgan fingerprint density at radius 3 is 2.10 bits per heavy atom. The molecule has 3 rings (SSSR count). The van der Waals surface area contributed by atoms with E-state index in [-0.39, 0.29) is 23.7 Å². The van der Waals surface area contributed by atoms with E-state index in [0.29, 0.717) is 28.8 Å². The van der Waals surface area contributed by atoms with Crippen LogP contribution in [-0.4, -0.2) is 15.6 Å². The molecule has 0 fully saturated rings. The summed E-state index contributed by atoms with van der Waals surface area (Å²) in [5.74, 6) is 0.150. The lowest BCUT2D eigenvalue weighted by atomic mass is 9.95. The second-order valence-corrected chi connectivity index (χ2v) is 7.93. The summed E-state index contributed by atoms with van der Waals surface area (Å²) in [7, 11) is 0. The summed E-state index contributed by atoms with van der Waals surface area (Å²) in [6.07, 6.45) is -3.27. The summed E-state index contributed by atoms with van der Waals surface area (Å²) >= 11 is 0. The predicted molar refractivity (Wildman–Crippen MR) is 116 cm³/mol. The van der Waals surface area contributed by atoms with Gasteiger partial charge in [-0.25, -0.2) is 0 Å². The van der Waals surface area contributed by atoms with E-state index in [1.54, 1.807) is 12.1 Å². The molecule has 160 valence electrons. The third kappa shape index (κ3) is 5.74. The maximum Gasteiger partial charge on any atom is 0.433 e. The summed E-state index contributed by atoms with van der Waals surface area (Å²) in [5.41, 5.74) is 2.25. The van der Waals surface area contributed by atoms with E-state index in [4.69, 9.17) is 0 Å². The van der Waals surface area contributed by atoms with Crippen LogP contribution in [0.2, 0.25) is 0 Å². The van der Waals surface area contributed by atoms with Crippen molar-refractivity contribution in [1.29, 1.82) is 0 Å². The van der Waals surface area contributed by atoms with Crippen LogP contribution < -0.4 is 5.32 Å². The molecular formula is C23H24ClF3N2O. The zero-order valence-corrected chi connectivity index (χ0v) is 17.7. The Morgan fingerprint density at radius 2 is 1.57 bits per heavy atom. The molecule has 0 spiro atoms. The molecule has 0 atom stereocenters. The lowest BCUT2D eigenvalue weighted by Crippen LogP contribution is -2.35. The molecule has 0 bridgehead atoms. The second kappa shape index (κ2) is 9.06. The number of aromatic hydroxyl groups is 1. The second-order valence-electron chi connectivity index (χ2n) is 7.93. The van der Waals surface area contributed by atoms with E-state index in [2.05, 4.69) is 10.3 Å². The monoisotopic (exact) mass is 436 g/mol. The highest BCUT2D eigenvalue weighted by Gasteiger charge is 2.32. The number of hydrogen-bond donors (Lipinski definition) is 2. The number of hydrogen-bond acceptors (Lipinski definition) is 3. The average molecular weight is 437 g/mol. The maximum atomic E-state index is 12.8. The van der Waals surface area contributed by atoms with Gasteiger partial charge >= 0.3 is 6.18 Å². The van der Waals surface area contributed by atoms with Gasteiger partial charge in [0.25, 0.3) is 0 Å². The van der Waals surface area contributed by atoms with Crippen LogP contribution in [-0.2, 0) is 12.7 Å². The molecule has 0 aliphatic carbocycles. The number of rotatable bonds is 4. The number of benzene rings is 2. The van der Waals surface area contributed by atoms with Crippen molar-refractivity contribution in [2.24, 2.45) is 0 Å². The first-order valence-corrected chi connectivity index (χ1v) is 9.24. The number of aromatic nitrogens is 1. The van der Waals surface area contributed by atoms with Gasteiger partial charge < -0.3 is 10.4 Å². The molecule has 30 heavy (non-hydrogen) atoms. The van der Waals surface area contributed by atoms with Gasteiger partial charge in [0.2, 0.25) is 0 Å². The molecule has 0 radical (unpaired) electrons. The number of nitrogens with zero attached hydrogens (tertiary/aromatic N) is 1. The Labute approximate surface area is 180 Å². The highest BCUT2D eigenvalue weighted by molar-refractivity contribution is 5.85. The SMILES string of the molecule is CC(C)(C)NCc1cc(-c2ccc(C(F)(F)F)nc2)cc(-c2ccccc2)c1O.Cl. The zero-order valence-electron chi connectivity index (χ0n) is 16.9. The maximum absolute atomic E-state index is 12.8. The van der Waals surface area contributed by atoms with Crippen molar-refractivity contribution in [2.45, 2.75) is 39.0 Å². The number of alkyl halides is 3. The number of pyridine rings is 1. The van der Waals surface area contributed by atoms with Crippen LogP contribution in [0.5, 0.6) is 5.75 Å². The van der Waals surface area contributed by atoms with Crippen LogP contribution in [0.15, 0.2) is 60.8 Å². The molecule has 0 amide bonds. The quantitative estimate of drug-likeness (QED) is 0.494. The summed E-state index contributed by atoms with van der Waals surface area (Å²) in [6, 6.07) is 15.3. The average Bonchev–Trinajstić information content (AvgIpc) is 2.66. The van der Waals surface area contributed by atoms with E-state index < -0.39 is 11.9 Å². The fraction of sp³-hybridized carbons (Fsp3) is 0.261. The molecular weight excluding hydrogens is 413 g/mol. The van der Waals surface area contributed by atoms with Crippen molar-refractivity contribution in [3.8, 4) is 28.0 Å². The van der Waals surface area contributed by atoms with Crippen molar-refractivity contribution < 1.29 is 18.3 Å². The van der Waals surface area contributed by atoms with E-state index >= 15 is 0 Å². The smallest absolute Gasteiger partial charge is 0.433 e. The molecule has 0 aliphatic heterocycles. The Morgan fingerprint density at radius 1 is 0.900 bits per heavy atom. The van der Waals surface area contributed by atoms with Crippen LogP contribution in [0, 0.1) is 0 Å². The minimum absolute atomic E-state index is 0. The lowest BCUT2D eigenvalue weighted by molar-refractivity contribution is -0.141. The van der Waals surface area contributed by atoms with Gasteiger partial charge in [0, 0.05) is 35.0 Å². The summed E-state index contributed by atoms with van der Waals surface area (Å²) < 4.78 is 38.5. The molecule has 0 unspecified atom stereocenters. The van der Waals surface area contributed by atoms with E-state index in [9.17, 15) is 18.3 Å². The number of halogens is 4. The lowest BCUT2D eigenvalue weighted by Gasteiger charge is -2.22. The molecule has 0 saturated carbocycles. The Bertz CT molecular complexity index is 982. The van der Waals surface area contributed by atoms with E-state index in [0.717, 1.165) is 11.6 Å². The van der Waals surface area contributed by atoms with Gasteiger partial charge in [0.15, 0.2) is 0 Å². The first kappa shape index (κ1) is 23.7. The summed E-state index contributed by atoms with van der Waals surface area (Å²) in [6.45, 7) is 6.47. The van der Waals surface area contributed by atoms with Crippen LogP contribution >= 0.6 is 12.4 Å². The first-order chi connectivity index (χ1) is 13.5. The highest BCUT2D eigenvalue weighted by Crippen LogP contribution is 2.37. The van der Waals surface area contributed by atoms with Crippen LogP contribution in [0.3, 0.4) is 0 Å². The number of phenols is 1. The number of nitrogens with one attached hydrogen (secondary N) is 1. The van der Waals surface area contributed by atoms with E-state index in [1.165, 1.54) is 12.3 Å². The molecule has 3 aromatic rings. The minimum atomic E-state index is -4.48. The third-order valence-corrected chi connectivity index (χ3v) is 4.47. The Hall–Kier alpha value is -2.57. The molecule has 1 heterocycles. The first-order valence-electron chi connectivity index (χ1n) is 9.24. The molecule has 3 nitrogen and oxygen atoms in total.